The number of nitrogens with zero attached hydrogens (tertiary/aromatic N) is 3. The Morgan fingerprint density at radius 3 is 2.74 bits per heavy atom. The fourth-order valence-electron chi connectivity index (χ4n) is 1.87. The van der Waals surface area contributed by atoms with E-state index in [2.05, 4.69) is 10.1 Å². The van der Waals surface area contributed by atoms with Crippen LogP contribution < -0.4 is 0 Å². The molecular weight excluding hydrogens is 282 g/mol. The van der Waals surface area contributed by atoms with E-state index in [0.717, 1.165) is 28.2 Å². The summed E-state index contributed by atoms with van der Waals surface area (Å²) in [6.45, 7) is 2.03. The second-order valence-electron chi connectivity index (χ2n) is 4.01. The van der Waals surface area contributed by atoms with Gasteiger partial charge in [0, 0.05) is 10.6 Å². The second kappa shape index (κ2) is 4.75. The van der Waals surface area contributed by atoms with Crippen molar-refractivity contribution in [3.8, 4) is 11.3 Å². The third kappa shape index (κ3) is 2.05. The van der Waals surface area contributed by atoms with Crippen LogP contribution in [-0.4, -0.2) is 20.9 Å². The average molecular weight is 292 g/mol. The van der Waals surface area contributed by atoms with Gasteiger partial charge in [-0.3, -0.25) is 4.79 Å². The van der Waals surface area contributed by atoms with Crippen molar-refractivity contribution in [2.45, 2.75) is 13.3 Å². The standard InChI is InChI=1S/C13H10ClN3OS/c1-2-11-16-17-10(7-18)12(15-13(17)19-11)8-3-5-9(14)6-4-8/h3-7H,2H2,1H3. The number of hydrogen-bond donors (Lipinski definition) is 0. The lowest BCUT2D eigenvalue weighted by molar-refractivity contribution is 0.111. The van der Waals surface area contributed by atoms with Crippen LogP contribution in [0, 0.1) is 0 Å². The molecule has 0 radical (unpaired) electrons. The summed E-state index contributed by atoms with van der Waals surface area (Å²) in [5.74, 6) is 0. The normalized spacial score (nSPS) is 11.1. The molecule has 4 nitrogen and oxygen atoms in total. The number of aldehydes is 1. The van der Waals surface area contributed by atoms with Crippen LogP contribution in [0.1, 0.15) is 22.4 Å². The zero-order chi connectivity index (χ0) is 13.4. The Morgan fingerprint density at radius 1 is 1.37 bits per heavy atom. The van der Waals surface area contributed by atoms with Crippen molar-refractivity contribution in [1.29, 1.82) is 0 Å². The van der Waals surface area contributed by atoms with Crippen LogP contribution in [0.5, 0.6) is 0 Å². The van der Waals surface area contributed by atoms with Crippen LogP contribution in [-0.2, 0) is 6.42 Å². The topological polar surface area (TPSA) is 47.3 Å². The van der Waals surface area contributed by atoms with E-state index in [9.17, 15) is 4.79 Å². The van der Waals surface area contributed by atoms with Crippen LogP contribution in [0.25, 0.3) is 16.2 Å². The van der Waals surface area contributed by atoms with Gasteiger partial charge in [-0.15, -0.1) is 0 Å². The van der Waals surface area contributed by atoms with Gasteiger partial charge in [-0.25, -0.2) is 4.98 Å². The van der Waals surface area contributed by atoms with E-state index < -0.39 is 0 Å². The fraction of sp³-hybridized carbons (Fsp3) is 0.154. The van der Waals surface area contributed by atoms with E-state index in [-0.39, 0.29) is 0 Å². The highest BCUT2D eigenvalue weighted by Crippen LogP contribution is 2.27. The van der Waals surface area contributed by atoms with Gasteiger partial charge in [0.2, 0.25) is 4.96 Å². The van der Waals surface area contributed by atoms with Gasteiger partial charge in [-0.2, -0.15) is 9.61 Å². The Bertz CT molecular complexity index is 745. The van der Waals surface area contributed by atoms with Crippen molar-refractivity contribution in [3.63, 3.8) is 0 Å². The van der Waals surface area contributed by atoms with E-state index in [0.29, 0.717) is 16.4 Å². The largest absolute Gasteiger partial charge is 0.296 e. The van der Waals surface area contributed by atoms with Gasteiger partial charge in [-0.1, -0.05) is 42.0 Å². The maximum Gasteiger partial charge on any atom is 0.213 e. The lowest BCUT2D eigenvalue weighted by Gasteiger charge is -1.98. The summed E-state index contributed by atoms with van der Waals surface area (Å²) in [5.41, 5.74) is 1.99. The van der Waals surface area contributed by atoms with Crippen LogP contribution in [0.15, 0.2) is 24.3 Å². The Balaban J connectivity index is 2.20. The molecule has 0 N–H and O–H groups in total. The molecule has 3 aromatic rings. The van der Waals surface area contributed by atoms with E-state index in [4.69, 9.17) is 11.6 Å². The molecule has 0 fully saturated rings. The summed E-state index contributed by atoms with van der Waals surface area (Å²) in [6, 6.07) is 7.26. The molecular formula is C13H10ClN3OS. The number of hydrogen-bond acceptors (Lipinski definition) is 4. The molecule has 0 amide bonds. The molecule has 19 heavy (non-hydrogen) atoms. The number of aromatic nitrogens is 3. The lowest BCUT2D eigenvalue weighted by atomic mass is 10.1. The molecule has 0 spiro atoms. The van der Waals surface area contributed by atoms with Gasteiger partial charge >= 0.3 is 0 Å². The van der Waals surface area contributed by atoms with Crippen molar-refractivity contribution in [3.05, 3.63) is 40.0 Å². The molecule has 0 bridgehead atoms. The molecule has 0 saturated heterocycles. The molecule has 2 heterocycles. The van der Waals surface area contributed by atoms with Crippen LogP contribution in [0.3, 0.4) is 0 Å². The Kier molecular flexibility index (Phi) is 3.08. The van der Waals surface area contributed by atoms with E-state index in [1.807, 2.05) is 19.1 Å². The summed E-state index contributed by atoms with van der Waals surface area (Å²) >= 11 is 7.37. The highest BCUT2D eigenvalue weighted by molar-refractivity contribution is 7.16. The molecule has 0 unspecified atom stereocenters. The first-order valence-electron chi connectivity index (χ1n) is 5.82. The van der Waals surface area contributed by atoms with Crippen LogP contribution in [0.4, 0.5) is 0 Å². The molecule has 0 aliphatic heterocycles. The van der Waals surface area contributed by atoms with E-state index in [1.165, 1.54) is 11.3 Å². The molecule has 0 atom stereocenters. The van der Waals surface area contributed by atoms with E-state index >= 15 is 0 Å². The molecule has 0 saturated carbocycles. The maximum absolute atomic E-state index is 11.3. The molecule has 6 heteroatoms. The first-order chi connectivity index (χ1) is 9.22. The first kappa shape index (κ1) is 12.3. The maximum atomic E-state index is 11.3. The van der Waals surface area contributed by atoms with Gasteiger partial charge in [0.25, 0.3) is 0 Å². The molecule has 2 aromatic heterocycles. The lowest BCUT2D eigenvalue weighted by Crippen LogP contribution is -1.94. The smallest absolute Gasteiger partial charge is 0.213 e. The summed E-state index contributed by atoms with van der Waals surface area (Å²) in [5, 5.41) is 6.00. The minimum absolute atomic E-state index is 0.480. The highest BCUT2D eigenvalue weighted by atomic mass is 35.5. The van der Waals surface area contributed by atoms with Crippen LogP contribution in [0.2, 0.25) is 5.02 Å². The molecule has 3 rings (SSSR count). The Labute approximate surface area is 118 Å². The van der Waals surface area contributed by atoms with Crippen molar-refractivity contribution in [2.75, 3.05) is 0 Å². The van der Waals surface area contributed by atoms with Crippen molar-refractivity contribution >= 4 is 34.2 Å². The quantitative estimate of drug-likeness (QED) is 0.694. The highest BCUT2D eigenvalue weighted by Gasteiger charge is 2.16. The second-order valence-corrected chi connectivity index (χ2v) is 5.49. The average Bonchev–Trinajstić information content (AvgIpc) is 2.96. The van der Waals surface area contributed by atoms with Crippen molar-refractivity contribution < 1.29 is 4.79 Å². The Hall–Kier alpha value is -1.72. The van der Waals surface area contributed by atoms with Gasteiger partial charge in [-0.05, 0) is 18.6 Å². The summed E-state index contributed by atoms with van der Waals surface area (Å²) in [6.07, 6.45) is 1.63. The SMILES string of the molecule is CCc1nn2c(C=O)c(-c3ccc(Cl)cc3)nc2s1. The Morgan fingerprint density at radius 2 is 2.11 bits per heavy atom. The van der Waals surface area contributed by atoms with Gasteiger partial charge in [0.05, 0.1) is 0 Å². The molecule has 96 valence electrons. The number of benzene rings is 1. The number of carbonyl (C=O) groups is 1. The predicted octanol–water partition coefficient (Wildman–Crippen LogP) is 3.49. The van der Waals surface area contributed by atoms with Gasteiger partial charge in [0.1, 0.15) is 16.4 Å². The molecule has 0 aliphatic rings. The molecule has 1 aromatic carbocycles. The first-order valence-corrected chi connectivity index (χ1v) is 7.02. The number of imidazole rings is 1. The zero-order valence-corrected chi connectivity index (χ0v) is 11.7. The number of fused-ring (bicyclic) bond motifs is 1. The number of halogens is 1. The minimum Gasteiger partial charge on any atom is -0.296 e. The van der Waals surface area contributed by atoms with Gasteiger partial charge in [0.15, 0.2) is 6.29 Å². The molecule has 0 aliphatic carbocycles. The summed E-state index contributed by atoms with van der Waals surface area (Å²) in [4.78, 5) is 16.6. The van der Waals surface area contributed by atoms with E-state index in [1.54, 1.807) is 16.6 Å². The number of aryl methyl sites for hydroxylation is 1. The van der Waals surface area contributed by atoms with Crippen molar-refractivity contribution in [2.24, 2.45) is 0 Å². The third-order valence-electron chi connectivity index (χ3n) is 2.81. The van der Waals surface area contributed by atoms with Crippen molar-refractivity contribution in [1.82, 2.24) is 14.6 Å². The van der Waals surface area contributed by atoms with Crippen LogP contribution >= 0.6 is 22.9 Å². The predicted molar refractivity (Wildman–Crippen MR) is 76.1 cm³/mol. The van der Waals surface area contributed by atoms with Gasteiger partial charge < -0.3 is 0 Å². The summed E-state index contributed by atoms with van der Waals surface area (Å²) < 4.78 is 1.61. The fourth-order valence-corrected chi connectivity index (χ4v) is 2.84. The summed E-state index contributed by atoms with van der Waals surface area (Å²) in [7, 11) is 0. The minimum atomic E-state index is 0.480. The number of rotatable bonds is 3. The third-order valence-corrected chi connectivity index (χ3v) is 4.12. The monoisotopic (exact) mass is 291 g/mol. The zero-order valence-electron chi connectivity index (χ0n) is 10.1. The number of carbonyl (C=O) groups excluding carboxylic acids is 1.